The second kappa shape index (κ2) is 3.44. The first-order chi connectivity index (χ1) is 5.65. The average molecular weight is 229 g/mol. The Balaban J connectivity index is 3.29. The van der Waals surface area contributed by atoms with Gasteiger partial charge < -0.3 is 0 Å². The molecule has 0 aliphatic carbocycles. The number of rotatable bonds is 2. The van der Waals surface area contributed by atoms with Gasteiger partial charge >= 0.3 is 0 Å². The molecule has 1 aromatic heterocycles. The van der Waals surface area contributed by atoms with Crippen LogP contribution in [0.5, 0.6) is 0 Å². The van der Waals surface area contributed by atoms with Gasteiger partial charge in [0.1, 0.15) is 10.8 Å². The van der Waals surface area contributed by atoms with E-state index in [4.69, 9.17) is 0 Å². The molecular weight excluding hydrogens is 224 g/mol. The Bertz CT molecular complexity index is 338. The first-order valence-corrected chi connectivity index (χ1v) is 3.87. The number of aromatic nitrogens is 1. The molecule has 0 saturated carbocycles. The van der Waals surface area contributed by atoms with Gasteiger partial charge in [0, 0.05) is 0 Å². The van der Waals surface area contributed by atoms with Gasteiger partial charge in [0.25, 0.3) is 5.69 Å². The highest BCUT2D eigenvalue weighted by molar-refractivity contribution is 9.10. The van der Waals surface area contributed by atoms with E-state index >= 15 is 0 Å². The van der Waals surface area contributed by atoms with Crippen LogP contribution < -0.4 is 0 Å². The molecule has 0 aliphatic rings. The highest BCUT2D eigenvalue weighted by atomic mass is 79.9. The summed E-state index contributed by atoms with van der Waals surface area (Å²) in [5.41, 5.74) is 0.426. The summed E-state index contributed by atoms with van der Waals surface area (Å²) in [6.07, 6.45) is 2.62. The topological polar surface area (TPSA) is 56.0 Å². The lowest BCUT2D eigenvalue weighted by molar-refractivity contribution is -0.385. The lowest BCUT2D eigenvalue weighted by atomic mass is 10.2. The molecule has 0 fully saturated rings. The zero-order valence-electron chi connectivity index (χ0n) is 6.03. The first-order valence-electron chi connectivity index (χ1n) is 3.07. The lowest BCUT2D eigenvalue weighted by Crippen LogP contribution is -1.92. The molecule has 12 heavy (non-hydrogen) atoms. The van der Waals surface area contributed by atoms with Crippen LogP contribution in [0.4, 0.5) is 5.69 Å². The molecule has 0 atom stereocenters. The third-order valence-electron chi connectivity index (χ3n) is 1.30. The molecule has 0 radical (unpaired) electrons. The maximum absolute atomic E-state index is 10.4. The minimum absolute atomic E-state index is 0.0341. The zero-order chi connectivity index (χ0) is 9.14. The van der Waals surface area contributed by atoms with Gasteiger partial charge in [-0.15, -0.1) is 0 Å². The Morgan fingerprint density at radius 3 is 2.92 bits per heavy atom. The second-order valence-corrected chi connectivity index (χ2v) is 2.84. The average Bonchev–Trinajstić information content (AvgIpc) is 2.03. The van der Waals surface area contributed by atoms with Crippen molar-refractivity contribution in [1.82, 2.24) is 4.98 Å². The molecule has 0 aromatic carbocycles. The normalized spacial score (nSPS) is 9.42. The summed E-state index contributed by atoms with van der Waals surface area (Å²) in [5, 5.41) is 10.4. The van der Waals surface area contributed by atoms with Gasteiger partial charge in [-0.3, -0.25) is 10.1 Å². The van der Waals surface area contributed by atoms with E-state index in [-0.39, 0.29) is 5.69 Å². The van der Waals surface area contributed by atoms with Crippen molar-refractivity contribution in [3.8, 4) is 0 Å². The van der Waals surface area contributed by atoms with Crippen molar-refractivity contribution >= 4 is 27.7 Å². The maximum Gasteiger partial charge on any atom is 0.294 e. The fourth-order valence-electron chi connectivity index (χ4n) is 0.753. The summed E-state index contributed by atoms with van der Waals surface area (Å²) in [6.45, 7) is 3.46. The van der Waals surface area contributed by atoms with Crippen LogP contribution in [0.3, 0.4) is 0 Å². The summed E-state index contributed by atoms with van der Waals surface area (Å²) in [7, 11) is 0. The number of nitro groups is 1. The van der Waals surface area contributed by atoms with Crippen molar-refractivity contribution in [2.75, 3.05) is 0 Å². The van der Waals surface area contributed by atoms with Crippen molar-refractivity contribution in [2.24, 2.45) is 0 Å². The molecule has 4 nitrogen and oxygen atoms in total. The number of halogens is 1. The fourth-order valence-corrected chi connectivity index (χ4v) is 1.10. The van der Waals surface area contributed by atoms with Gasteiger partial charge in [-0.1, -0.05) is 12.7 Å². The van der Waals surface area contributed by atoms with Crippen molar-refractivity contribution in [1.29, 1.82) is 0 Å². The smallest absolute Gasteiger partial charge is 0.258 e. The zero-order valence-corrected chi connectivity index (χ0v) is 7.61. The molecule has 0 aliphatic heterocycles. The molecule has 0 amide bonds. The molecule has 0 bridgehead atoms. The minimum atomic E-state index is -0.490. The van der Waals surface area contributed by atoms with Crippen LogP contribution in [0.15, 0.2) is 23.4 Å². The fraction of sp³-hybridized carbons (Fsp3) is 0. The molecular formula is C7H5BrN2O2. The van der Waals surface area contributed by atoms with Crippen LogP contribution in [-0.2, 0) is 0 Å². The van der Waals surface area contributed by atoms with Crippen molar-refractivity contribution < 1.29 is 4.92 Å². The van der Waals surface area contributed by atoms with Crippen molar-refractivity contribution in [2.45, 2.75) is 0 Å². The Kier molecular flexibility index (Phi) is 2.54. The SMILES string of the molecule is C=Cc1cc(Br)ncc1[N+](=O)[O-]. The minimum Gasteiger partial charge on any atom is -0.258 e. The van der Waals surface area contributed by atoms with Crippen LogP contribution >= 0.6 is 15.9 Å². The van der Waals surface area contributed by atoms with E-state index in [9.17, 15) is 10.1 Å². The largest absolute Gasteiger partial charge is 0.294 e. The van der Waals surface area contributed by atoms with Gasteiger partial charge in [0.05, 0.1) is 10.5 Å². The van der Waals surface area contributed by atoms with Gasteiger partial charge in [-0.2, -0.15) is 0 Å². The van der Waals surface area contributed by atoms with Crippen LogP contribution in [0.25, 0.3) is 6.08 Å². The van der Waals surface area contributed by atoms with E-state index in [2.05, 4.69) is 27.5 Å². The van der Waals surface area contributed by atoms with Gasteiger partial charge in [-0.05, 0) is 22.0 Å². The molecule has 0 unspecified atom stereocenters. The Morgan fingerprint density at radius 2 is 2.42 bits per heavy atom. The van der Waals surface area contributed by atoms with Crippen LogP contribution in [0.1, 0.15) is 5.56 Å². The molecule has 1 heterocycles. The number of hydrogen-bond donors (Lipinski definition) is 0. The number of pyridine rings is 1. The maximum atomic E-state index is 10.4. The summed E-state index contributed by atoms with van der Waals surface area (Å²) >= 11 is 3.10. The third kappa shape index (κ3) is 1.68. The highest BCUT2D eigenvalue weighted by Crippen LogP contribution is 2.20. The predicted molar refractivity (Wildman–Crippen MR) is 48.7 cm³/mol. The van der Waals surface area contributed by atoms with E-state index in [1.165, 1.54) is 12.3 Å². The van der Waals surface area contributed by atoms with Crippen molar-refractivity contribution in [3.05, 3.63) is 39.1 Å². The van der Waals surface area contributed by atoms with E-state index in [1.807, 2.05) is 0 Å². The van der Waals surface area contributed by atoms with Gasteiger partial charge in [-0.25, -0.2) is 4.98 Å². The Labute approximate surface area is 77.2 Å². The molecule has 1 rings (SSSR count). The second-order valence-electron chi connectivity index (χ2n) is 2.03. The highest BCUT2D eigenvalue weighted by Gasteiger charge is 2.11. The number of nitrogens with zero attached hydrogens (tertiary/aromatic N) is 2. The molecule has 0 saturated heterocycles. The molecule has 62 valence electrons. The van der Waals surface area contributed by atoms with Crippen LogP contribution in [0.2, 0.25) is 0 Å². The van der Waals surface area contributed by atoms with Gasteiger partial charge in [0.2, 0.25) is 0 Å². The monoisotopic (exact) mass is 228 g/mol. The lowest BCUT2D eigenvalue weighted by Gasteiger charge is -1.95. The molecule has 0 N–H and O–H groups in total. The quantitative estimate of drug-likeness (QED) is 0.444. The van der Waals surface area contributed by atoms with Crippen LogP contribution in [-0.4, -0.2) is 9.91 Å². The molecule has 0 spiro atoms. The van der Waals surface area contributed by atoms with Crippen LogP contribution in [0, 0.1) is 10.1 Å². The Morgan fingerprint density at radius 1 is 1.75 bits per heavy atom. The van der Waals surface area contributed by atoms with Crippen molar-refractivity contribution in [3.63, 3.8) is 0 Å². The molecule has 1 aromatic rings. The third-order valence-corrected chi connectivity index (χ3v) is 1.73. The summed E-state index contributed by atoms with van der Waals surface area (Å²) in [6, 6.07) is 1.55. The Hall–Kier alpha value is -1.23. The van der Waals surface area contributed by atoms with E-state index in [1.54, 1.807) is 6.07 Å². The predicted octanol–water partition coefficient (Wildman–Crippen LogP) is 2.40. The standard InChI is InChI=1S/C7H5BrN2O2/c1-2-5-3-7(8)9-4-6(5)10(11)12/h2-4H,1H2. The van der Waals surface area contributed by atoms with E-state index in [0.29, 0.717) is 10.2 Å². The summed E-state index contributed by atoms with van der Waals surface area (Å²) < 4.78 is 0.558. The summed E-state index contributed by atoms with van der Waals surface area (Å²) in [4.78, 5) is 13.6. The van der Waals surface area contributed by atoms with E-state index < -0.39 is 4.92 Å². The summed E-state index contributed by atoms with van der Waals surface area (Å²) in [5.74, 6) is 0. The number of hydrogen-bond acceptors (Lipinski definition) is 3. The van der Waals surface area contributed by atoms with Gasteiger partial charge in [0.15, 0.2) is 0 Å². The molecule has 5 heteroatoms. The van der Waals surface area contributed by atoms with E-state index in [0.717, 1.165) is 0 Å². The first kappa shape index (κ1) is 8.86.